The predicted octanol–water partition coefficient (Wildman–Crippen LogP) is 3.74. The highest BCUT2D eigenvalue weighted by atomic mass is 16.2. The minimum absolute atomic E-state index is 0.210. The molecule has 2 aliphatic heterocycles. The number of nitriles is 1. The number of carbonyl (C=O) groups excluding carboxylic acids is 1. The zero-order valence-corrected chi connectivity index (χ0v) is 17.3. The number of para-hydroxylation sites is 1. The molecule has 5 heteroatoms. The lowest BCUT2D eigenvalue weighted by Crippen LogP contribution is -2.37. The van der Waals surface area contributed by atoms with Gasteiger partial charge in [0.25, 0.3) is 0 Å². The first kappa shape index (κ1) is 18.8. The van der Waals surface area contributed by atoms with Gasteiger partial charge in [-0.1, -0.05) is 42.5 Å². The quantitative estimate of drug-likeness (QED) is 0.720. The van der Waals surface area contributed by atoms with Crippen LogP contribution in [0.3, 0.4) is 0 Å². The number of anilines is 1. The van der Waals surface area contributed by atoms with Crippen LogP contribution in [0.15, 0.2) is 54.6 Å². The van der Waals surface area contributed by atoms with Crippen LogP contribution >= 0.6 is 0 Å². The lowest BCUT2D eigenvalue weighted by Gasteiger charge is -2.33. The van der Waals surface area contributed by atoms with Gasteiger partial charge in [0.2, 0.25) is 5.91 Å². The summed E-state index contributed by atoms with van der Waals surface area (Å²) in [6.45, 7) is 0. The summed E-state index contributed by atoms with van der Waals surface area (Å²) in [6.07, 6.45) is 8.87. The highest BCUT2D eigenvalue weighted by Gasteiger charge is 2.67. The number of fused-ring (bicyclic) bond motifs is 3. The van der Waals surface area contributed by atoms with E-state index < -0.39 is 0 Å². The van der Waals surface area contributed by atoms with Gasteiger partial charge in [0.05, 0.1) is 17.0 Å². The summed E-state index contributed by atoms with van der Waals surface area (Å²) >= 11 is 0. The molecule has 1 spiro atoms. The van der Waals surface area contributed by atoms with Crippen LogP contribution in [0.4, 0.5) is 5.69 Å². The van der Waals surface area contributed by atoms with Gasteiger partial charge in [-0.2, -0.15) is 5.26 Å². The van der Waals surface area contributed by atoms with Gasteiger partial charge in [0, 0.05) is 17.8 Å². The monoisotopic (exact) mass is 410 g/mol. The molecule has 6 atom stereocenters. The number of hydrogen-bond donors (Lipinski definition) is 3. The number of nitrogens with zero attached hydrogens (tertiary/aromatic N) is 1. The highest BCUT2D eigenvalue weighted by Crippen LogP contribution is 2.64. The average Bonchev–Trinajstić information content (AvgIpc) is 3.34. The van der Waals surface area contributed by atoms with Crippen LogP contribution in [0.5, 0.6) is 0 Å². The number of amides is 1. The van der Waals surface area contributed by atoms with Crippen LogP contribution in [0, 0.1) is 29.1 Å². The van der Waals surface area contributed by atoms with Crippen LogP contribution in [0.25, 0.3) is 6.08 Å². The number of benzene rings is 2. The molecule has 1 saturated heterocycles. The standard InChI is InChI=1S/C26H26N4O/c27-15-17-7-5-16(6-8-17)9-12-22-19-11-10-18(13-24(19)30-29-22)21-14-26(21)20-3-1-2-4-23(20)28-25(26)31/h1-9,12,18-19,21-22,24,29-30H,10-11,13-14H2,(H,28,31)/b12-9+/t18?,19?,21-,22?,24?,26-/m0/s1. The third-order valence-electron chi connectivity index (χ3n) is 8.02. The van der Waals surface area contributed by atoms with Crippen molar-refractivity contribution < 1.29 is 4.79 Å². The Morgan fingerprint density at radius 3 is 2.74 bits per heavy atom. The summed E-state index contributed by atoms with van der Waals surface area (Å²) in [5.41, 5.74) is 10.8. The molecule has 2 saturated carbocycles. The Hall–Kier alpha value is -2.94. The number of nitrogens with one attached hydrogen (secondary N) is 3. The van der Waals surface area contributed by atoms with E-state index in [1.807, 2.05) is 36.4 Å². The second-order valence-corrected chi connectivity index (χ2v) is 9.53. The molecule has 4 unspecified atom stereocenters. The predicted molar refractivity (Wildman–Crippen MR) is 120 cm³/mol. The summed E-state index contributed by atoms with van der Waals surface area (Å²) in [6, 6.07) is 18.8. The van der Waals surface area contributed by atoms with Crippen LogP contribution in [0.2, 0.25) is 0 Å². The normalized spacial score (nSPS) is 35.6. The van der Waals surface area contributed by atoms with Crippen molar-refractivity contribution in [1.82, 2.24) is 10.9 Å². The average molecular weight is 411 g/mol. The first-order valence-corrected chi connectivity index (χ1v) is 11.3. The van der Waals surface area contributed by atoms with Crippen molar-refractivity contribution in [3.8, 4) is 6.07 Å². The van der Waals surface area contributed by atoms with E-state index in [2.05, 4.69) is 46.5 Å². The summed E-state index contributed by atoms with van der Waals surface area (Å²) in [7, 11) is 0. The second-order valence-electron chi connectivity index (χ2n) is 9.53. The van der Waals surface area contributed by atoms with E-state index in [-0.39, 0.29) is 11.3 Å². The van der Waals surface area contributed by atoms with Crippen LogP contribution < -0.4 is 16.2 Å². The van der Waals surface area contributed by atoms with E-state index in [4.69, 9.17) is 5.26 Å². The maximum absolute atomic E-state index is 12.8. The third-order valence-corrected chi connectivity index (χ3v) is 8.02. The zero-order chi connectivity index (χ0) is 21.0. The number of hydrazine groups is 1. The van der Waals surface area contributed by atoms with Gasteiger partial charge in [-0.05, 0) is 72.8 Å². The van der Waals surface area contributed by atoms with Gasteiger partial charge in [-0.25, -0.2) is 0 Å². The molecule has 2 aliphatic carbocycles. The number of hydrogen-bond acceptors (Lipinski definition) is 4. The van der Waals surface area contributed by atoms with E-state index in [0.717, 1.165) is 24.1 Å². The van der Waals surface area contributed by atoms with E-state index in [1.165, 1.54) is 18.4 Å². The Morgan fingerprint density at radius 2 is 1.90 bits per heavy atom. The molecule has 2 aromatic rings. The SMILES string of the molecule is N#Cc1ccc(/C=C/C2NNC3CC([C@@H]4C[C@@]45C(=O)Nc4ccccc45)CCC23)cc1. The van der Waals surface area contributed by atoms with Gasteiger partial charge in [-0.15, -0.1) is 0 Å². The van der Waals surface area contributed by atoms with E-state index >= 15 is 0 Å². The molecule has 0 radical (unpaired) electrons. The summed E-state index contributed by atoms with van der Waals surface area (Å²) in [4.78, 5) is 12.8. The largest absolute Gasteiger partial charge is 0.325 e. The Morgan fingerprint density at radius 1 is 1.06 bits per heavy atom. The molecule has 1 amide bonds. The van der Waals surface area contributed by atoms with Crippen molar-refractivity contribution >= 4 is 17.7 Å². The molecule has 0 aromatic heterocycles. The molecular formula is C26H26N4O. The first-order chi connectivity index (χ1) is 15.2. The van der Waals surface area contributed by atoms with Gasteiger partial charge < -0.3 is 5.32 Å². The van der Waals surface area contributed by atoms with Gasteiger partial charge in [0.15, 0.2) is 0 Å². The zero-order valence-electron chi connectivity index (χ0n) is 17.3. The third kappa shape index (κ3) is 2.94. The van der Waals surface area contributed by atoms with Crippen LogP contribution in [0.1, 0.15) is 42.4 Å². The molecule has 2 aromatic carbocycles. The number of rotatable bonds is 3. The second kappa shape index (κ2) is 7.05. The van der Waals surface area contributed by atoms with Crippen molar-refractivity contribution in [1.29, 1.82) is 5.26 Å². The van der Waals surface area contributed by atoms with Crippen LogP contribution in [-0.4, -0.2) is 18.0 Å². The fourth-order valence-corrected chi connectivity index (χ4v) is 6.34. The molecule has 31 heavy (non-hydrogen) atoms. The van der Waals surface area contributed by atoms with Crippen molar-refractivity contribution in [2.45, 2.75) is 43.2 Å². The lowest BCUT2D eigenvalue weighted by atomic mass is 9.73. The van der Waals surface area contributed by atoms with Gasteiger partial charge in [-0.3, -0.25) is 15.6 Å². The molecule has 3 fully saturated rings. The van der Waals surface area contributed by atoms with E-state index in [0.29, 0.717) is 35.4 Å². The summed E-state index contributed by atoms with van der Waals surface area (Å²) < 4.78 is 0. The Labute approximate surface area is 182 Å². The Bertz CT molecular complexity index is 1100. The molecule has 3 N–H and O–H groups in total. The molecule has 156 valence electrons. The van der Waals surface area contributed by atoms with Gasteiger partial charge in [0.1, 0.15) is 0 Å². The van der Waals surface area contributed by atoms with Crippen molar-refractivity contribution in [3.63, 3.8) is 0 Å². The van der Waals surface area contributed by atoms with E-state index in [1.54, 1.807) is 0 Å². The van der Waals surface area contributed by atoms with Crippen molar-refractivity contribution in [2.24, 2.45) is 17.8 Å². The maximum atomic E-state index is 12.8. The Balaban J connectivity index is 1.12. The molecule has 5 nitrogen and oxygen atoms in total. The molecular weight excluding hydrogens is 384 g/mol. The minimum atomic E-state index is -0.269. The molecule has 0 bridgehead atoms. The topological polar surface area (TPSA) is 77.0 Å². The molecule has 4 aliphatic rings. The lowest BCUT2D eigenvalue weighted by molar-refractivity contribution is -0.118. The van der Waals surface area contributed by atoms with Crippen LogP contribution in [-0.2, 0) is 10.2 Å². The smallest absolute Gasteiger partial charge is 0.235 e. The van der Waals surface area contributed by atoms with Crippen molar-refractivity contribution in [2.75, 3.05) is 5.32 Å². The van der Waals surface area contributed by atoms with Gasteiger partial charge >= 0.3 is 0 Å². The maximum Gasteiger partial charge on any atom is 0.235 e. The summed E-state index contributed by atoms with van der Waals surface area (Å²) in [5, 5.41) is 12.1. The fourth-order valence-electron chi connectivity index (χ4n) is 6.34. The van der Waals surface area contributed by atoms with E-state index in [9.17, 15) is 4.79 Å². The van der Waals surface area contributed by atoms with Crippen molar-refractivity contribution in [3.05, 3.63) is 71.3 Å². The Kier molecular flexibility index (Phi) is 4.27. The molecule has 2 heterocycles. The summed E-state index contributed by atoms with van der Waals surface area (Å²) in [5.74, 6) is 1.84. The fraction of sp³-hybridized carbons (Fsp3) is 0.385. The minimum Gasteiger partial charge on any atom is -0.325 e. The first-order valence-electron chi connectivity index (χ1n) is 11.3. The highest BCUT2D eigenvalue weighted by molar-refractivity contribution is 6.08. The number of carbonyl (C=O) groups is 1. The molecule has 6 rings (SSSR count).